The van der Waals surface area contributed by atoms with Crippen molar-refractivity contribution < 1.29 is 22.4 Å². The molecule has 3 rings (SSSR count). The van der Waals surface area contributed by atoms with Crippen LogP contribution in [-0.2, 0) is 6.18 Å². The van der Waals surface area contributed by atoms with E-state index < -0.39 is 34.9 Å². The van der Waals surface area contributed by atoms with E-state index >= 15 is 0 Å². The fourth-order valence-corrected chi connectivity index (χ4v) is 2.60. The molecular weight excluding hydrogens is 364 g/mol. The number of alkyl halides is 3. The molecular formula is C18H10F4N4O. The van der Waals surface area contributed by atoms with Gasteiger partial charge in [0, 0.05) is 11.6 Å². The maximum absolute atomic E-state index is 15.0. The van der Waals surface area contributed by atoms with Crippen molar-refractivity contribution in [2.75, 3.05) is 0 Å². The minimum absolute atomic E-state index is 0.129. The Hall–Kier alpha value is -3.67. The Kier molecular flexibility index (Phi) is 4.41. The van der Waals surface area contributed by atoms with Gasteiger partial charge in [0.15, 0.2) is 5.69 Å². The predicted molar refractivity (Wildman–Crippen MR) is 87.2 cm³/mol. The van der Waals surface area contributed by atoms with Gasteiger partial charge < -0.3 is 5.73 Å². The molecule has 0 radical (unpaired) electrons. The van der Waals surface area contributed by atoms with Crippen LogP contribution in [-0.4, -0.2) is 15.7 Å². The lowest BCUT2D eigenvalue weighted by atomic mass is 9.99. The Bertz CT molecular complexity index is 1070. The lowest BCUT2D eigenvalue weighted by Crippen LogP contribution is -2.15. The average molecular weight is 374 g/mol. The van der Waals surface area contributed by atoms with E-state index in [-0.39, 0.29) is 16.8 Å². The summed E-state index contributed by atoms with van der Waals surface area (Å²) in [6.07, 6.45) is -4.78. The number of hydrogen-bond donors (Lipinski definition) is 1. The highest BCUT2D eigenvalue weighted by molar-refractivity contribution is 5.95. The molecule has 0 aliphatic heterocycles. The summed E-state index contributed by atoms with van der Waals surface area (Å²) in [7, 11) is 0. The number of primary amides is 1. The first-order chi connectivity index (χ1) is 12.7. The van der Waals surface area contributed by atoms with Gasteiger partial charge in [-0.2, -0.15) is 23.5 Å². The first-order valence-electron chi connectivity index (χ1n) is 7.49. The van der Waals surface area contributed by atoms with E-state index in [4.69, 9.17) is 5.73 Å². The number of hydrogen-bond acceptors (Lipinski definition) is 3. The Morgan fingerprint density at radius 1 is 1.15 bits per heavy atom. The molecule has 0 aliphatic rings. The summed E-state index contributed by atoms with van der Waals surface area (Å²) >= 11 is 0. The largest absolute Gasteiger partial charge is 0.435 e. The highest BCUT2D eigenvalue weighted by Crippen LogP contribution is 2.34. The zero-order valence-electron chi connectivity index (χ0n) is 13.5. The summed E-state index contributed by atoms with van der Waals surface area (Å²) < 4.78 is 54.6. The van der Waals surface area contributed by atoms with Crippen LogP contribution in [0.2, 0.25) is 0 Å². The van der Waals surface area contributed by atoms with Gasteiger partial charge in [-0.05, 0) is 17.7 Å². The third-order valence-corrected chi connectivity index (χ3v) is 3.79. The van der Waals surface area contributed by atoms with Crippen molar-refractivity contribution in [2.45, 2.75) is 6.18 Å². The third-order valence-electron chi connectivity index (χ3n) is 3.79. The maximum atomic E-state index is 15.0. The molecule has 0 saturated carbocycles. The molecule has 0 unspecified atom stereocenters. The summed E-state index contributed by atoms with van der Waals surface area (Å²) in [5.41, 5.74) is 2.96. The average Bonchev–Trinajstić information content (AvgIpc) is 3.06. The van der Waals surface area contributed by atoms with Crippen LogP contribution >= 0.6 is 0 Å². The molecule has 1 heterocycles. The van der Waals surface area contributed by atoms with Crippen LogP contribution in [0.3, 0.4) is 0 Å². The highest BCUT2D eigenvalue weighted by Gasteiger charge is 2.35. The van der Waals surface area contributed by atoms with E-state index in [2.05, 4.69) is 5.10 Å². The first kappa shape index (κ1) is 18.1. The molecule has 0 fully saturated rings. The van der Waals surface area contributed by atoms with Gasteiger partial charge in [-0.15, -0.1) is 0 Å². The normalized spacial score (nSPS) is 11.2. The monoisotopic (exact) mass is 374 g/mol. The molecule has 0 atom stereocenters. The summed E-state index contributed by atoms with van der Waals surface area (Å²) in [5, 5.41) is 12.6. The molecule has 0 spiro atoms. The van der Waals surface area contributed by atoms with E-state index in [0.29, 0.717) is 10.7 Å². The standard InChI is InChI=1S/C18H10F4N4O/c19-16-12(17(24)27)6-7-13(15(16)10-4-2-1-3-5-10)26-11(9-23)8-14(25-26)18(20,21)22/h1-8H,(H2,24,27). The van der Waals surface area contributed by atoms with E-state index in [1.165, 1.54) is 18.2 Å². The number of nitrogens with zero attached hydrogens (tertiary/aromatic N) is 3. The molecule has 2 N–H and O–H groups in total. The zero-order chi connectivity index (χ0) is 19.8. The van der Waals surface area contributed by atoms with Crippen molar-refractivity contribution >= 4 is 5.91 Å². The second-order valence-corrected chi connectivity index (χ2v) is 5.49. The van der Waals surface area contributed by atoms with Crippen LogP contribution in [0.15, 0.2) is 48.5 Å². The van der Waals surface area contributed by atoms with Gasteiger partial charge in [-0.3, -0.25) is 4.79 Å². The maximum Gasteiger partial charge on any atom is 0.435 e. The minimum Gasteiger partial charge on any atom is -0.366 e. The fourth-order valence-electron chi connectivity index (χ4n) is 2.60. The molecule has 0 saturated heterocycles. The topological polar surface area (TPSA) is 84.7 Å². The van der Waals surface area contributed by atoms with Crippen LogP contribution in [0.4, 0.5) is 17.6 Å². The number of benzene rings is 2. The second-order valence-electron chi connectivity index (χ2n) is 5.49. The first-order valence-corrected chi connectivity index (χ1v) is 7.49. The molecule has 9 heteroatoms. The Morgan fingerprint density at radius 3 is 2.37 bits per heavy atom. The molecule has 0 aliphatic carbocycles. The van der Waals surface area contributed by atoms with Crippen molar-refractivity contribution in [2.24, 2.45) is 5.73 Å². The Labute approximate surface area is 150 Å². The molecule has 5 nitrogen and oxygen atoms in total. The molecule has 27 heavy (non-hydrogen) atoms. The zero-order valence-corrected chi connectivity index (χ0v) is 13.5. The van der Waals surface area contributed by atoms with Crippen molar-refractivity contribution in [3.63, 3.8) is 0 Å². The van der Waals surface area contributed by atoms with Gasteiger partial charge in [0.05, 0.1) is 11.3 Å². The number of nitrogens with two attached hydrogens (primary N) is 1. The fraction of sp³-hybridized carbons (Fsp3) is 0.0556. The van der Waals surface area contributed by atoms with Crippen LogP contribution in [0.5, 0.6) is 0 Å². The quantitative estimate of drug-likeness (QED) is 0.710. The number of rotatable bonds is 3. The molecule has 0 bridgehead atoms. The van der Waals surface area contributed by atoms with E-state index in [9.17, 15) is 27.6 Å². The van der Waals surface area contributed by atoms with Crippen molar-refractivity contribution in [3.8, 4) is 22.9 Å². The van der Waals surface area contributed by atoms with Gasteiger partial charge in [0.2, 0.25) is 0 Å². The number of halogens is 4. The number of amides is 1. The summed E-state index contributed by atoms with van der Waals surface area (Å²) in [6, 6.07) is 12.3. The summed E-state index contributed by atoms with van der Waals surface area (Å²) in [4.78, 5) is 11.5. The van der Waals surface area contributed by atoms with Crippen molar-refractivity contribution in [3.05, 3.63) is 71.3 Å². The Balaban J connectivity index is 2.35. The van der Waals surface area contributed by atoms with Crippen molar-refractivity contribution in [1.82, 2.24) is 9.78 Å². The lowest BCUT2D eigenvalue weighted by Gasteiger charge is -2.14. The highest BCUT2D eigenvalue weighted by atomic mass is 19.4. The number of carbonyl (C=O) groups is 1. The minimum atomic E-state index is -4.78. The SMILES string of the molecule is N#Cc1cc(C(F)(F)F)nn1-c1ccc(C(N)=O)c(F)c1-c1ccccc1. The Morgan fingerprint density at radius 2 is 1.81 bits per heavy atom. The van der Waals surface area contributed by atoms with Crippen molar-refractivity contribution in [1.29, 1.82) is 5.26 Å². The summed E-state index contributed by atoms with van der Waals surface area (Å²) in [6.45, 7) is 0. The number of nitriles is 1. The van der Waals surface area contributed by atoms with Crippen LogP contribution in [0, 0.1) is 17.1 Å². The van der Waals surface area contributed by atoms with E-state index in [1.54, 1.807) is 24.3 Å². The van der Waals surface area contributed by atoms with Gasteiger partial charge in [0.1, 0.15) is 17.6 Å². The second kappa shape index (κ2) is 6.57. The van der Waals surface area contributed by atoms with E-state index in [1.807, 2.05) is 0 Å². The predicted octanol–water partition coefficient (Wildman–Crippen LogP) is 3.67. The molecule has 3 aromatic rings. The number of aromatic nitrogens is 2. The van der Waals surface area contributed by atoms with Crippen LogP contribution in [0.1, 0.15) is 21.7 Å². The van der Waals surface area contributed by atoms with Gasteiger partial charge in [0.25, 0.3) is 5.91 Å². The molecule has 2 aromatic carbocycles. The van der Waals surface area contributed by atoms with Gasteiger partial charge in [-0.1, -0.05) is 30.3 Å². The summed E-state index contributed by atoms with van der Waals surface area (Å²) in [5.74, 6) is -2.05. The van der Waals surface area contributed by atoms with Crippen LogP contribution in [0.25, 0.3) is 16.8 Å². The molecule has 1 amide bonds. The van der Waals surface area contributed by atoms with Gasteiger partial charge >= 0.3 is 6.18 Å². The van der Waals surface area contributed by atoms with Gasteiger partial charge in [-0.25, -0.2) is 9.07 Å². The smallest absolute Gasteiger partial charge is 0.366 e. The number of carbonyl (C=O) groups excluding carboxylic acids is 1. The lowest BCUT2D eigenvalue weighted by molar-refractivity contribution is -0.141. The van der Waals surface area contributed by atoms with Crippen LogP contribution < -0.4 is 5.73 Å². The van der Waals surface area contributed by atoms with E-state index in [0.717, 1.165) is 6.07 Å². The molecule has 1 aromatic heterocycles. The molecule has 136 valence electrons. The third kappa shape index (κ3) is 3.25.